The molecule has 0 aromatic carbocycles. The Labute approximate surface area is 72.7 Å². The molecule has 12 heavy (non-hydrogen) atoms. The van der Waals surface area contributed by atoms with Crippen LogP contribution < -0.4 is 0 Å². The lowest BCUT2D eigenvalue weighted by molar-refractivity contribution is 1.03. The number of rotatable bonds is 3. The van der Waals surface area contributed by atoms with Gasteiger partial charge in [0.2, 0.25) is 0 Å². The summed E-state index contributed by atoms with van der Waals surface area (Å²) in [5.41, 5.74) is 2.84. The molecule has 0 spiro atoms. The van der Waals surface area contributed by atoms with E-state index in [4.69, 9.17) is 0 Å². The Balaban J connectivity index is 3.18. The SMILES string of the molecule is C=Cc1cc(CC)ncc1N=C. The van der Waals surface area contributed by atoms with E-state index in [1.807, 2.05) is 6.07 Å². The Morgan fingerprint density at radius 1 is 1.67 bits per heavy atom. The Hall–Kier alpha value is -1.44. The van der Waals surface area contributed by atoms with Crippen molar-refractivity contribution in [3.05, 3.63) is 30.1 Å². The molecule has 0 bridgehead atoms. The molecule has 1 rings (SSSR count). The van der Waals surface area contributed by atoms with Crippen LogP contribution in [0, 0.1) is 0 Å². The molecule has 0 saturated carbocycles. The summed E-state index contributed by atoms with van der Waals surface area (Å²) in [5, 5.41) is 0. The van der Waals surface area contributed by atoms with E-state index in [0.29, 0.717) is 0 Å². The van der Waals surface area contributed by atoms with Crippen molar-refractivity contribution in [1.82, 2.24) is 4.98 Å². The molecule has 2 nitrogen and oxygen atoms in total. The molecule has 1 heterocycles. The normalized spacial score (nSPS) is 9.42. The minimum atomic E-state index is 0.794. The fraction of sp³-hybridized carbons (Fsp3) is 0.200. The van der Waals surface area contributed by atoms with E-state index in [1.165, 1.54) is 0 Å². The maximum absolute atomic E-state index is 4.20. The van der Waals surface area contributed by atoms with E-state index < -0.39 is 0 Å². The standard InChI is InChI=1S/C10H12N2/c1-4-8-6-9(5-2)12-7-10(8)11-3/h4,6-7H,1,3,5H2,2H3. The van der Waals surface area contributed by atoms with Gasteiger partial charge >= 0.3 is 0 Å². The summed E-state index contributed by atoms with van der Waals surface area (Å²) in [6.07, 6.45) is 4.42. The van der Waals surface area contributed by atoms with Crippen LogP contribution in [0.4, 0.5) is 5.69 Å². The average molecular weight is 160 g/mol. The van der Waals surface area contributed by atoms with Crippen LogP contribution in [-0.2, 0) is 6.42 Å². The molecule has 0 amide bonds. The molecule has 0 aliphatic heterocycles. The lowest BCUT2D eigenvalue weighted by Gasteiger charge is -2.01. The first kappa shape index (κ1) is 8.65. The minimum absolute atomic E-state index is 0.794. The molecule has 2 heteroatoms. The van der Waals surface area contributed by atoms with Gasteiger partial charge in [-0.1, -0.05) is 19.6 Å². The minimum Gasteiger partial charge on any atom is -0.262 e. The first-order valence-corrected chi connectivity index (χ1v) is 3.90. The third kappa shape index (κ3) is 1.59. The second-order valence-corrected chi connectivity index (χ2v) is 2.45. The van der Waals surface area contributed by atoms with Gasteiger partial charge in [-0.3, -0.25) is 9.98 Å². The van der Waals surface area contributed by atoms with Gasteiger partial charge in [-0.15, -0.1) is 0 Å². The van der Waals surface area contributed by atoms with Crippen LogP contribution in [0.5, 0.6) is 0 Å². The summed E-state index contributed by atoms with van der Waals surface area (Å²) in [7, 11) is 0. The number of pyridine rings is 1. The van der Waals surface area contributed by atoms with E-state index in [9.17, 15) is 0 Å². The molecule has 0 aliphatic carbocycles. The van der Waals surface area contributed by atoms with Gasteiger partial charge < -0.3 is 0 Å². The quantitative estimate of drug-likeness (QED) is 0.624. The van der Waals surface area contributed by atoms with Crippen molar-refractivity contribution in [2.24, 2.45) is 4.99 Å². The van der Waals surface area contributed by atoms with E-state index in [-0.39, 0.29) is 0 Å². The van der Waals surface area contributed by atoms with Crippen molar-refractivity contribution in [2.45, 2.75) is 13.3 Å². The summed E-state index contributed by atoms with van der Waals surface area (Å²) in [6, 6.07) is 1.98. The van der Waals surface area contributed by atoms with Gasteiger partial charge in [0.05, 0.1) is 11.9 Å². The number of aliphatic imine (C=N–C) groups is 1. The third-order valence-electron chi connectivity index (χ3n) is 1.72. The average Bonchev–Trinajstić information content (AvgIpc) is 2.16. The van der Waals surface area contributed by atoms with Crippen molar-refractivity contribution in [1.29, 1.82) is 0 Å². The molecule has 0 atom stereocenters. The largest absolute Gasteiger partial charge is 0.262 e. The van der Waals surface area contributed by atoms with Gasteiger partial charge in [-0.05, 0) is 19.2 Å². The lowest BCUT2D eigenvalue weighted by Crippen LogP contribution is -1.87. The first-order chi connectivity index (χ1) is 5.81. The van der Waals surface area contributed by atoms with E-state index in [1.54, 1.807) is 12.3 Å². The number of hydrogen-bond acceptors (Lipinski definition) is 2. The first-order valence-electron chi connectivity index (χ1n) is 3.90. The van der Waals surface area contributed by atoms with Crippen molar-refractivity contribution >= 4 is 18.5 Å². The molecule has 1 aromatic heterocycles. The van der Waals surface area contributed by atoms with Crippen molar-refractivity contribution in [3.63, 3.8) is 0 Å². The Morgan fingerprint density at radius 3 is 2.92 bits per heavy atom. The van der Waals surface area contributed by atoms with Gasteiger partial charge in [-0.25, -0.2) is 0 Å². The predicted molar refractivity (Wildman–Crippen MR) is 52.9 cm³/mol. The molecule has 0 unspecified atom stereocenters. The highest BCUT2D eigenvalue weighted by molar-refractivity contribution is 5.64. The summed E-state index contributed by atoms with van der Waals surface area (Å²) in [4.78, 5) is 8.03. The fourth-order valence-corrected chi connectivity index (χ4v) is 0.998. The summed E-state index contributed by atoms with van der Waals surface area (Å²) >= 11 is 0. The number of aryl methyl sites for hydroxylation is 1. The zero-order valence-electron chi connectivity index (χ0n) is 7.25. The Bertz CT molecular complexity index is 303. The van der Waals surface area contributed by atoms with Gasteiger partial charge in [-0.2, -0.15) is 0 Å². The van der Waals surface area contributed by atoms with Gasteiger partial charge in [0.25, 0.3) is 0 Å². The zero-order chi connectivity index (χ0) is 8.97. The molecule has 0 aliphatic rings. The van der Waals surface area contributed by atoms with Crippen LogP contribution >= 0.6 is 0 Å². The third-order valence-corrected chi connectivity index (χ3v) is 1.72. The molecule has 0 fully saturated rings. The molecular formula is C10H12N2. The molecule has 0 N–H and O–H groups in total. The number of aromatic nitrogens is 1. The van der Waals surface area contributed by atoms with Crippen LogP contribution in [0.25, 0.3) is 6.08 Å². The van der Waals surface area contributed by atoms with Crippen LogP contribution in [-0.4, -0.2) is 11.7 Å². The van der Waals surface area contributed by atoms with Gasteiger partial charge in [0.15, 0.2) is 0 Å². The summed E-state index contributed by atoms with van der Waals surface area (Å²) < 4.78 is 0. The van der Waals surface area contributed by atoms with Crippen molar-refractivity contribution in [3.8, 4) is 0 Å². The van der Waals surface area contributed by atoms with E-state index in [0.717, 1.165) is 23.4 Å². The van der Waals surface area contributed by atoms with Gasteiger partial charge in [0.1, 0.15) is 0 Å². The molecule has 0 radical (unpaired) electrons. The maximum Gasteiger partial charge on any atom is 0.0877 e. The number of nitrogens with zero attached hydrogens (tertiary/aromatic N) is 2. The molecule has 1 aromatic rings. The van der Waals surface area contributed by atoms with Crippen LogP contribution in [0.15, 0.2) is 23.8 Å². The highest BCUT2D eigenvalue weighted by atomic mass is 14.8. The van der Waals surface area contributed by atoms with Crippen LogP contribution in [0.1, 0.15) is 18.2 Å². The monoisotopic (exact) mass is 160 g/mol. The fourth-order valence-electron chi connectivity index (χ4n) is 0.998. The summed E-state index contributed by atoms with van der Waals surface area (Å²) in [5.74, 6) is 0. The predicted octanol–water partition coefficient (Wildman–Crippen LogP) is 2.62. The van der Waals surface area contributed by atoms with Crippen molar-refractivity contribution < 1.29 is 0 Å². The molecular weight excluding hydrogens is 148 g/mol. The zero-order valence-corrected chi connectivity index (χ0v) is 7.25. The highest BCUT2D eigenvalue weighted by Gasteiger charge is 1.98. The number of hydrogen-bond donors (Lipinski definition) is 0. The Morgan fingerprint density at radius 2 is 2.42 bits per heavy atom. The van der Waals surface area contributed by atoms with Crippen LogP contribution in [0.3, 0.4) is 0 Å². The molecule has 0 saturated heterocycles. The molecule has 62 valence electrons. The van der Waals surface area contributed by atoms with E-state index >= 15 is 0 Å². The second kappa shape index (κ2) is 3.81. The van der Waals surface area contributed by atoms with Crippen molar-refractivity contribution in [2.75, 3.05) is 0 Å². The lowest BCUT2D eigenvalue weighted by atomic mass is 10.2. The van der Waals surface area contributed by atoms with Crippen LogP contribution in [0.2, 0.25) is 0 Å². The van der Waals surface area contributed by atoms with Gasteiger partial charge in [0, 0.05) is 11.3 Å². The Kier molecular flexibility index (Phi) is 2.75. The maximum atomic E-state index is 4.20. The van der Waals surface area contributed by atoms with E-state index in [2.05, 4.69) is 30.2 Å². The summed E-state index contributed by atoms with van der Waals surface area (Å²) in [6.45, 7) is 9.22. The second-order valence-electron chi connectivity index (χ2n) is 2.45. The topological polar surface area (TPSA) is 25.2 Å². The highest BCUT2D eigenvalue weighted by Crippen LogP contribution is 2.19. The smallest absolute Gasteiger partial charge is 0.0877 e.